The van der Waals surface area contributed by atoms with Gasteiger partial charge in [0, 0.05) is 20.0 Å². The van der Waals surface area contributed by atoms with E-state index in [1.807, 2.05) is 13.8 Å². The molecule has 0 aromatic heterocycles. The molecule has 0 aromatic rings. The van der Waals surface area contributed by atoms with E-state index in [0.717, 1.165) is 19.3 Å². The van der Waals surface area contributed by atoms with E-state index in [2.05, 4.69) is 10.6 Å². The smallest absolute Gasteiger partial charge is 0.248 e. The van der Waals surface area contributed by atoms with Crippen LogP contribution in [0.5, 0.6) is 0 Å². The summed E-state index contributed by atoms with van der Waals surface area (Å²) in [6.45, 7) is 8.16. The molecule has 1 saturated carbocycles. The third-order valence-electron chi connectivity index (χ3n) is 4.34. The molecule has 1 aliphatic rings. The first-order valence-corrected chi connectivity index (χ1v) is 8.24. The molecule has 0 saturated heterocycles. The zero-order valence-corrected chi connectivity index (χ0v) is 14.2. The van der Waals surface area contributed by atoms with Crippen LogP contribution in [0.2, 0.25) is 0 Å². The Bertz CT molecular complexity index is 413. The zero-order valence-electron chi connectivity index (χ0n) is 14.2. The number of carbonyl (C=O) groups is 3. The molecule has 0 aliphatic heterocycles. The van der Waals surface area contributed by atoms with Crippen LogP contribution in [0.15, 0.2) is 0 Å². The molecule has 0 aromatic carbocycles. The number of hydrogen-bond donors (Lipinski definition) is 2. The van der Waals surface area contributed by atoms with Crippen LogP contribution in [0.25, 0.3) is 0 Å². The van der Waals surface area contributed by atoms with Crippen LogP contribution < -0.4 is 10.6 Å². The average molecular weight is 311 g/mol. The van der Waals surface area contributed by atoms with Crippen LogP contribution in [-0.4, -0.2) is 47.3 Å². The molecule has 1 fully saturated rings. The Morgan fingerprint density at radius 3 is 2.09 bits per heavy atom. The predicted octanol–water partition coefficient (Wildman–Crippen LogP) is 1.20. The monoisotopic (exact) mass is 311 g/mol. The first-order valence-electron chi connectivity index (χ1n) is 8.24. The van der Waals surface area contributed by atoms with E-state index in [4.69, 9.17) is 0 Å². The zero-order chi connectivity index (χ0) is 16.8. The molecule has 1 unspecified atom stereocenters. The number of likely N-dealkylation sites (N-methyl/N-ethyl adjacent to an activating group) is 1. The molecule has 22 heavy (non-hydrogen) atoms. The molecule has 6 nitrogen and oxygen atoms in total. The molecular weight excluding hydrogens is 282 g/mol. The summed E-state index contributed by atoms with van der Waals surface area (Å²) in [5, 5.41) is 5.51. The molecule has 1 aliphatic carbocycles. The van der Waals surface area contributed by atoms with Crippen molar-refractivity contribution in [2.75, 3.05) is 13.1 Å². The van der Waals surface area contributed by atoms with Gasteiger partial charge in [0.2, 0.25) is 17.7 Å². The first-order chi connectivity index (χ1) is 10.4. The van der Waals surface area contributed by atoms with Crippen molar-refractivity contribution in [2.24, 2.45) is 0 Å². The Balaban J connectivity index is 2.90. The number of amides is 3. The molecule has 6 heteroatoms. The largest absolute Gasteiger partial charge is 0.345 e. The van der Waals surface area contributed by atoms with E-state index in [1.165, 1.54) is 6.92 Å². The van der Waals surface area contributed by atoms with E-state index in [-0.39, 0.29) is 17.7 Å². The number of nitrogens with zero attached hydrogens (tertiary/aromatic N) is 1. The summed E-state index contributed by atoms with van der Waals surface area (Å²) in [6.07, 6.45) is 4.29. The molecule has 0 radical (unpaired) electrons. The molecule has 3 amide bonds. The van der Waals surface area contributed by atoms with Gasteiger partial charge in [0.25, 0.3) is 0 Å². The Kier molecular flexibility index (Phi) is 6.84. The fourth-order valence-electron chi connectivity index (χ4n) is 3.08. The van der Waals surface area contributed by atoms with Crippen molar-refractivity contribution in [1.29, 1.82) is 0 Å². The van der Waals surface area contributed by atoms with Gasteiger partial charge in [-0.1, -0.05) is 19.3 Å². The molecule has 1 rings (SSSR count). The highest BCUT2D eigenvalue weighted by Crippen LogP contribution is 2.30. The van der Waals surface area contributed by atoms with Gasteiger partial charge in [-0.25, -0.2) is 0 Å². The number of hydrogen-bond acceptors (Lipinski definition) is 3. The number of nitrogens with one attached hydrogen (secondary N) is 2. The van der Waals surface area contributed by atoms with Crippen molar-refractivity contribution < 1.29 is 14.4 Å². The molecule has 2 N–H and O–H groups in total. The SMILES string of the molecule is CCN(CC)C(=O)C1(NC(=O)C(C)NC(C)=O)CCCCC1. The molecule has 0 bridgehead atoms. The van der Waals surface area contributed by atoms with Crippen LogP contribution in [0, 0.1) is 0 Å². The van der Waals surface area contributed by atoms with E-state index in [0.29, 0.717) is 25.9 Å². The van der Waals surface area contributed by atoms with Gasteiger partial charge in [0.15, 0.2) is 0 Å². The van der Waals surface area contributed by atoms with Gasteiger partial charge in [-0.3, -0.25) is 14.4 Å². The summed E-state index contributed by atoms with van der Waals surface area (Å²) in [5.41, 5.74) is -0.811. The highest BCUT2D eigenvalue weighted by molar-refractivity contribution is 5.94. The minimum atomic E-state index is -0.811. The van der Waals surface area contributed by atoms with Crippen molar-refractivity contribution in [3.8, 4) is 0 Å². The summed E-state index contributed by atoms with van der Waals surface area (Å²) in [4.78, 5) is 38.1. The Morgan fingerprint density at radius 1 is 1.09 bits per heavy atom. The predicted molar refractivity (Wildman–Crippen MR) is 85.2 cm³/mol. The van der Waals surface area contributed by atoms with Crippen LogP contribution in [0.3, 0.4) is 0 Å². The third-order valence-corrected chi connectivity index (χ3v) is 4.34. The lowest BCUT2D eigenvalue weighted by Gasteiger charge is -2.40. The van der Waals surface area contributed by atoms with Crippen LogP contribution in [0.1, 0.15) is 59.8 Å². The van der Waals surface area contributed by atoms with Crippen molar-refractivity contribution in [3.05, 3.63) is 0 Å². The van der Waals surface area contributed by atoms with Crippen molar-refractivity contribution in [3.63, 3.8) is 0 Å². The normalized spacial score (nSPS) is 18.2. The van der Waals surface area contributed by atoms with Gasteiger partial charge in [-0.15, -0.1) is 0 Å². The lowest BCUT2D eigenvalue weighted by molar-refractivity contribution is -0.143. The summed E-state index contributed by atoms with van der Waals surface area (Å²) >= 11 is 0. The standard InChI is InChI=1S/C16H29N3O3/c1-5-19(6-2)15(22)16(10-8-7-9-11-16)18-14(21)12(3)17-13(4)20/h12H,5-11H2,1-4H3,(H,17,20)(H,18,21). The Hall–Kier alpha value is -1.59. The van der Waals surface area contributed by atoms with Gasteiger partial charge in [0.1, 0.15) is 11.6 Å². The lowest BCUT2D eigenvalue weighted by Crippen LogP contribution is -2.63. The van der Waals surface area contributed by atoms with Crippen LogP contribution in [-0.2, 0) is 14.4 Å². The second-order valence-corrected chi connectivity index (χ2v) is 6.03. The minimum Gasteiger partial charge on any atom is -0.345 e. The van der Waals surface area contributed by atoms with Gasteiger partial charge in [0.05, 0.1) is 0 Å². The summed E-state index contributed by atoms with van der Waals surface area (Å²) in [5.74, 6) is -0.548. The molecule has 0 heterocycles. The minimum absolute atomic E-state index is 0.000532. The van der Waals surface area contributed by atoms with Crippen molar-refractivity contribution in [1.82, 2.24) is 15.5 Å². The molecular formula is C16H29N3O3. The summed E-state index contributed by atoms with van der Waals surface area (Å²) in [6, 6.07) is -0.638. The van der Waals surface area contributed by atoms with E-state index in [9.17, 15) is 14.4 Å². The highest BCUT2D eigenvalue weighted by Gasteiger charge is 2.43. The van der Waals surface area contributed by atoms with Crippen molar-refractivity contribution >= 4 is 17.7 Å². The van der Waals surface area contributed by atoms with E-state index < -0.39 is 11.6 Å². The second kappa shape index (κ2) is 8.15. The Morgan fingerprint density at radius 2 is 1.64 bits per heavy atom. The highest BCUT2D eigenvalue weighted by atomic mass is 16.2. The van der Waals surface area contributed by atoms with Gasteiger partial charge in [-0.2, -0.15) is 0 Å². The molecule has 126 valence electrons. The van der Waals surface area contributed by atoms with E-state index >= 15 is 0 Å². The number of rotatable bonds is 6. The van der Waals surface area contributed by atoms with Crippen molar-refractivity contribution in [2.45, 2.75) is 71.4 Å². The fourth-order valence-corrected chi connectivity index (χ4v) is 3.08. The maximum Gasteiger partial charge on any atom is 0.248 e. The lowest BCUT2D eigenvalue weighted by atomic mass is 9.80. The third kappa shape index (κ3) is 4.45. The van der Waals surface area contributed by atoms with Crippen LogP contribution >= 0.6 is 0 Å². The topological polar surface area (TPSA) is 78.5 Å². The van der Waals surface area contributed by atoms with Gasteiger partial charge in [-0.05, 0) is 33.6 Å². The molecule has 1 atom stereocenters. The van der Waals surface area contributed by atoms with E-state index in [1.54, 1.807) is 11.8 Å². The maximum atomic E-state index is 12.9. The van der Waals surface area contributed by atoms with Gasteiger partial charge < -0.3 is 15.5 Å². The van der Waals surface area contributed by atoms with Crippen LogP contribution in [0.4, 0.5) is 0 Å². The second-order valence-electron chi connectivity index (χ2n) is 6.03. The fraction of sp³-hybridized carbons (Fsp3) is 0.812. The summed E-state index contributed by atoms with van der Waals surface area (Å²) < 4.78 is 0. The molecule has 0 spiro atoms. The Labute approximate surface area is 133 Å². The van der Waals surface area contributed by atoms with Gasteiger partial charge >= 0.3 is 0 Å². The maximum absolute atomic E-state index is 12.9. The quantitative estimate of drug-likeness (QED) is 0.773. The summed E-state index contributed by atoms with van der Waals surface area (Å²) in [7, 11) is 0. The first kappa shape index (κ1) is 18.5. The average Bonchev–Trinajstić information content (AvgIpc) is 2.48. The number of carbonyl (C=O) groups excluding carboxylic acids is 3.